The van der Waals surface area contributed by atoms with Crippen LogP contribution >= 0.6 is 0 Å². The summed E-state index contributed by atoms with van der Waals surface area (Å²) in [5.41, 5.74) is 2.87. The number of nitrogens with one attached hydrogen (secondary N) is 2. The third kappa shape index (κ3) is 3.31. The third-order valence-electron chi connectivity index (χ3n) is 3.07. The number of amides is 3. The molecule has 1 unspecified atom stereocenters. The number of hydrogen-bond donors (Lipinski definition) is 2. The molecule has 0 spiro atoms. The SMILES string of the molecule is CCOc1ccccc1NC(=O)CC1C(=O)NN(C)C1=O. The van der Waals surface area contributed by atoms with Gasteiger partial charge in [-0.1, -0.05) is 12.1 Å². The van der Waals surface area contributed by atoms with Crippen LogP contribution in [0.15, 0.2) is 24.3 Å². The van der Waals surface area contributed by atoms with E-state index in [-0.39, 0.29) is 6.42 Å². The van der Waals surface area contributed by atoms with Crippen molar-refractivity contribution in [2.75, 3.05) is 19.0 Å². The standard InChI is InChI=1S/C14H17N3O4/c1-3-21-11-7-5-4-6-10(11)15-12(18)8-9-13(19)16-17(2)14(9)20/h4-7,9H,3,8H2,1-2H3,(H,15,18)(H,16,19). The highest BCUT2D eigenvalue weighted by atomic mass is 16.5. The summed E-state index contributed by atoms with van der Waals surface area (Å²) in [5, 5.41) is 3.76. The lowest BCUT2D eigenvalue weighted by molar-refractivity contribution is -0.134. The van der Waals surface area contributed by atoms with Crippen LogP contribution in [0.4, 0.5) is 5.69 Å². The van der Waals surface area contributed by atoms with Crippen molar-refractivity contribution in [1.29, 1.82) is 0 Å². The molecule has 1 fully saturated rings. The highest BCUT2D eigenvalue weighted by Gasteiger charge is 2.38. The monoisotopic (exact) mass is 291 g/mol. The molecule has 0 bridgehead atoms. The number of hydrogen-bond acceptors (Lipinski definition) is 4. The maximum Gasteiger partial charge on any atom is 0.253 e. The highest BCUT2D eigenvalue weighted by Crippen LogP contribution is 2.24. The first-order chi connectivity index (χ1) is 10.0. The van der Waals surface area contributed by atoms with Gasteiger partial charge in [0.15, 0.2) is 0 Å². The van der Waals surface area contributed by atoms with Crippen LogP contribution < -0.4 is 15.5 Å². The molecule has 1 aromatic rings. The summed E-state index contributed by atoms with van der Waals surface area (Å²) in [5.74, 6) is -1.71. The number of carbonyl (C=O) groups is 3. The van der Waals surface area contributed by atoms with Crippen LogP contribution in [0.3, 0.4) is 0 Å². The topological polar surface area (TPSA) is 87.7 Å². The molecule has 0 aliphatic carbocycles. The molecular formula is C14H17N3O4. The summed E-state index contributed by atoms with van der Waals surface area (Å²) in [6.45, 7) is 2.32. The number of hydrazine groups is 1. The molecule has 1 aliphatic rings. The van der Waals surface area contributed by atoms with Crippen molar-refractivity contribution in [2.45, 2.75) is 13.3 Å². The van der Waals surface area contributed by atoms with Crippen molar-refractivity contribution in [3.63, 3.8) is 0 Å². The zero-order valence-corrected chi connectivity index (χ0v) is 11.9. The Balaban J connectivity index is 2.02. The van der Waals surface area contributed by atoms with Crippen LogP contribution in [0.5, 0.6) is 5.75 Å². The van der Waals surface area contributed by atoms with Gasteiger partial charge in [-0.05, 0) is 19.1 Å². The fraction of sp³-hybridized carbons (Fsp3) is 0.357. The van der Waals surface area contributed by atoms with Gasteiger partial charge < -0.3 is 10.1 Å². The summed E-state index contributed by atoms with van der Waals surface area (Å²) in [4.78, 5) is 35.3. The van der Waals surface area contributed by atoms with E-state index < -0.39 is 23.6 Å². The minimum absolute atomic E-state index is 0.199. The lowest BCUT2D eigenvalue weighted by Crippen LogP contribution is -2.31. The maximum absolute atomic E-state index is 12.0. The lowest BCUT2D eigenvalue weighted by Gasteiger charge is -2.12. The number of benzene rings is 1. The lowest BCUT2D eigenvalue weighted by atomic mass is 10.0. The van der Waals surface area contributed by atoms with E-state index in [9.17, 15) is 14.4 Å². The number of ether oxygens (including phenoxy) is 1. The minimum atomic E-state index is -0.978. The summed E-state index contributed by atoms with van der Waals surface area (Å²) in [7, 11) is 1.45. The first kappa shape index (κ1) is 14.8. The Kier molecular flexibility index (Phi) is 4.42. The largest absolute Gasteiger partial charge is 0.492 e. The van der Waals surface area contributed by atoms with Gasteiger partial charge in [0.1, 0.15) is 11.7 Å². The molecule has 0 radical (unpaired) electrons. The van der Waals surface area contributed by atoms with Gasteiger partial charge in [0.25, 0.3) is 11.8 Å². The molecule has 1 saturated heterocycles. The number of para-hydroxylation sites is 2. The Labute approximate surface area is 122 Å². The van der Waals surface area contributed by atoms with E-state index in [1.165, 1.54) is 7.05 Å². The molecule has 21 heavy (non-hydrogen) atoms. The average Bonchev–Trinajstić information content (AvgIpc) is 2.68. The van der Waals surface area contributed by atoms with E-state index in [1.807, 2.05) is 6.92 Å². The summed E-state index contributed by atoms with van der Waals surface area (Å²) >= 11 is 0. The van der Waals surface area contributed by atoms with Crippen molar-refractivity contribution in [3.8, 4) is 5.75 Å². The first-order valence-corrected chi connectivity index (χ1v) is 6.62. The van der Waals surface area contributed by atoms with Crippen LogP contribution in [-0.4, -0.2) is 36.4 Å². The first-order valence-electron chi connectivity index (χ1n) is 6.62. The van der Waals surface area contributed by atoms with Crippen LogP contribution in [-0.2, 0) is 14.4 Å². The Morgan fingerprint density at radius 3 is 2.71 bits per heavy atom. The molecule has 1 heterocycles. The Bertz CT molecular complexity index is 573. The van der Waals surface area contributed by atoms with Crippen LogP contribution in [0, 0.1) is 5.92 Å². The van der Waals surface area contributed by atoms with Gasteiger partial charge in [-0.25, -0.2) is 0 Å². The van der Waals surface area contributed by atoms with Crippen molar-refractivity contribution in [3.05, 3.63) is 24.3 Å². The molecule has 1 aliphatic heterocycles. The molecule has 3 amide bonds. The molecular weight excluding hydrogens is 274 g/mol. The van der Waals surface area contributed by atoms with Gasteiger partial charge in [0, 0.05) is 13.5 Å². The van der Waals surface area contributed by atoms with Gasteiger partial charge in [0.05, 0.1) is 12.3 Å². The molecule has 1 atom stereocenters. The van der Waals surface area contributed by atoms with E-state index in [0.717, 1.165) is 5.01 Å². The molecule has 0 saturated carbocycles. The van der Waals surface area contributed by atoms with Crippen LogP contribution in [0.2, 0.25) is 0 Å². The normalized spacial score (nSPS) is 17.6. The Morgan fingerprint density at radius 1 is 1.38 bits per heavy atom. The van der Waals surface area contributed by atoms with Gasteiger partial charge in [0.2, 0.25) is 5.91 Å². The van der Waals surface area contributed by atoms with Crippen LogP contribution in [0.1, 0.15) is 13.3 Å². The summed E-state index contributed by atoms with van der Waals surface area (Å²) in [6.07, 6.45) is -0.199. The predicted molar refractivity (Wildman–Crippen MR) is 75.3 cm³/mol. The van der Waals surface area contributed by atoms with Gasteiger partial charge >= 0.3 is 0 Å². The second-order valence-corrected chi connectivity index (χ2v) is 4.61. The maximum atomic E-state index is 12.0. The quantitative estimate of drug-likeness (QED) is 0.775. The van der Waals surface area contributed by atoms with Gasteiger partial charge in [-0.2, -0.15) is 0 Å². The fourth-order valence-corrected chi connectivity index (χ4v) is 2.06. The molecule has 2 N–H and O–H groups in total. The molecule has 112 valence electrons. The van der Waals surface area contributed by atoms with E-state index in [2.05, 4.69) is 10.7 Å². The smallest absolute Gasteiger partial charge is 0.253 e. The molecule has 2 rings (SSSR count). The van der Waals surface area contributed by atoms with E-state index in [1.54, 1.807) is 24.3 Å². The zero-order valence-electron chi connectivity index (χ0n) is 11.9. The third-order valence-corrected chi connectivity index (χ3v) is 3.07. The Morgan fingerprint density at radius 2 is 2.10 bits per heavy atom. The minimum Gasteiger partial charge on any atom is -0.492 e. The predicted octanol–water partition coefficient (Wildman–Crippen LogP) is 0.533. The van der Waals surface area contributed by atoms with Gasteiger partial charge in [-0.3, -0.25) is 24.8 Å². The number of nitrogens with zero attached hydrogens (tertiary/aromatic N) is 1. The molecule has 0 aromatic heterocycles. The van der Waals surface area contributed by atoms with E-state index in [4.69, 9.17) is 4.74 Å². The van der Waals surface area contributed by atoms with Crippen molar-refractivity contribution in [1.82, 2.24) is 10.4 Å². The number of rotatable bonds is 5. The van der Waals surface area contributed by atoms with Gasteiger partial charge in [-0.15, -0.1) is 0 Å². The van der Waals surface area contributed by atoms with Crippen molar-refractivity contribution >= 4 is 23.4 Å². The van der Waals surface area contributed by atoms with E-state index in [0.29, 0.717) is 18.0 Å². The number of anilines is 1. The second kappa shape index (κ2) is 6.25. The van der Waals surface area contributed by atoms with Crippen LogP contribution in [0.25, 0.3) is 0 Å². The molecule has 7 heteroatoms. The summed E-state index contributed by atoms with van der Waals surface area (Å²) in [6, 6.07) is 6.99. The summed E-state index contributed by atoms with van der Waals surface area (Å²) < 4.78 is 5.40. The second-order valence-electron chi connectivity index (χ2n) is 4.61. The highest BCUT2D eigenvalue weighted by molar-refractivity contribution is 6.09. The van der Waals surface area contributed by atoms with Crippen molar-refractivity contribution < 1.29 is 19.1 Å². The average molecular weight is 291 g/mol. The molecule has 7 nitrogen and oxygen atoms in total. The zero-order chi connectivity index (χ0) is 15.4. The van der Waals surface area contributed by atoms with E-state index >= 15 is 0 Å². The fourth-order valence-electron chi connectivity index (χ4n) is 2.06. The number of carbonyl (C=O) groups excluding carboxylic acids is 3. The van der Waals surface area contributed by atoms with Crippen molar-refractivity contribution in [2.24, 2.45) is 5.92 Å². The Hall–Kier alpha value is -2.57. The molecule has 1 aromatic carbocycles.